The lowest BCUT2D eigenvalue weighted by Gasteiger charge is -2.35. The Balaban J connectivity index is 0.839. The van der Waals surface area contributed by atoms with Gasteiger partial charge in [0.1, 0.15) is 17.9 Å². The predicted molar refractivity (Wildman–Crippen MR) is 268 cm³/mol. The van der Waals surface area contributed by atoms with Crippen LogP contribution in [0.4, 0.5) is 21.6 Å². The maximum absolute atomic E-state index is 15.3. The fourth-order valence-corrected chi connectivity index (χ4v) is 9.26. The molecule has 0 radical (unpaired) electrons. The van der Waals surface area contributed by atoms with Crippen molar-refractivity contribution in [2.45, 2.75) is 130 Å². The number of aryl methyl sites for hydroxylation is 1. The fourth-order valence-electron chi connectivity index (χ4n) is 8.45. The second-order valence-corrected chi connectivity index (χ2v) is 19.8. The van der Waals surface area contributed by atoms with E-state index in [1.165, 1.54) is 23.5 Å². The molecule has 16 nitrogen and oxygen atoms in total. The first-order valence-corrected chi connectivity index (χ1v) is 24.5. The van der Waals surface area contributed by atoms with Gasteiger partial charge in [0.2, 0.25) is 29.5 Å². The van der Waals surface area contributed by atoms with E-state index in [4.69, 9.17) is 11.5 Å². The minimum Gasteiger partial charge on any atom is -0.397 e. The number of rotatable bonds is 21. The van der Waals surface area contributed by atoms with Crippen molar-refractivity contribution in [1.29, 1.82) is 0 Å². The number of carbonyl (C=O) groups excluding carboxylic acids is 5. The summed E-state index contributed by atoms with van der Waals surface area (Å²) in [5.41, 5.74) is 18.0. The van der Waals surface area contributed by atoms with Crippen LogP contribution in [0.3, 0.4) is 0 Å². The number of unbranched alkanes of at least 4 members (excludes halogenated alkanes) is 6. The number of aromatic nitrogens is 3. The quantitative estimate of drug-likeness (QED) is 0.0289. The lowest BCUT2D eigenvalue weighted by atomic mass is 9.85. The van der Waals surface area contributed by atoms with Gasteiger partial charge in [0.05, 0.1) is 39.8 Å². The molecule has 1 saturated heterocycles. The summed E-state index contributed by atoms with van der Waals surface area (Å²) in [6.07, 6.45) is 10.2. The highest BCUT2D eigenvalue weighted by atomic mass is 32.1. The summed E-state index contributed by atoms with van der Waals surface area (Å²) < 4.78 is 15.3. The van der Waals surface area contributed by atoms with E-state index in [1.807, 2.05) is 57.5 Å². The molecule has 18 heteroatoms. The van der Waals surface area contributed by atoms with Gasteiger partial charge in [0.25, 0.3) is 0 Å². The van der Waals surface area contributed by atoms with E-state index in [0.717, 1.165) is 53.8 Å². The number of nitrogen functional groups attached to an aromatic ring is 2. The third kappa shape index (κ3) is 13.8. The number of β-amino-alcohol motifs (C(OH)–C–C–N with tert-alkyl or cyclic N) is 1. The van der Waals surface area contributed by atoms with E-state index >= 15 is 4.39 Å². The Morgan fingerprint density at radius 1 is 0.855 bits per heavy atom. The summed E-state index contributed by atoms with van der Waals surface area (Å²) >= 11 is 1.57. The van der Waals surface area contributed by atoms with Crippen LogP contribution in [0.2, 0.25) is 0 Å². The van der Waals surface area contributed by atoms with Crippen LogP contribution in [0.25, 0.3) is 32.3 Å². The van der Waals surface area contributed by atoms with Crippen LogP contribution in [0, 0.1) is 25.1 Å². The standard InChI is InChI=1S/C51H65FN10O6S/c1-30-37(25-55-27-39(30)53)36-21-34-22-41(57-26-38(34)46(54)45(36)52)60-44(66)19-20-56-42(64)13-11-9-7-6-8-10-12-14-43(65)61-48(51(3,4)5)50(68)62-28-35(63)23-40(62)49(67)58-24-32-15-17-33(18-16-32)47-31(2)59-29-69-47/h15-18,21-22,25-27,29,35,40,48,63H,6-14,19-20,23-24,28,53-54H2,1-5H3,(H,56,64)(H,58,67)(H,61,65)(H,57,60,66)/t35-,40+,48-/m1/s1. The number of nitrogens with zero attached hydrogens (tertiary/aromatic N) is 4. The number of aliphatic hydroxyl groups excluding tert-OH is 1. The number of hydrogen-bond acceptors (Lipinski definition) is 12. The van der Waals surface area contributed by atoms with Crippen molar-refractivity contribution in [3.63, 3.8) is 0 Å². The number of nitrogens with one attached hydrogen (secondary N) is 4. The molecule has 69 heavy (non-hydrogen) atoms. The summed E-state index contributed by atoms with van der Waals surface area (Å²) in [4.78, 5) is 80.8. The molecule has 3 atom stereocenters. The third-order valence-corrected chi connectivity index (χ3v) is 13.5. The Bertz CT molecular complexity index is 2630. The molecular formula is C51H65FN10O6S. The Hall–Kier alpha value is -6.53. The highest BCUT2D eigenvalue weighted by Gasteiger charge is 2.44. The van der Waals surface area contributed by atoms with Crippen LogP contribution in [0.1, 0.15) is 108 Å². The van der Waals surface area contributed by atoms with Gasteiger partial charge in [-0.15, -0.1) is 11.3 Å². The Kier molecular flexibility index (Phi) is 17.8. The number of aliphatic hydroxyl groups is 1. The molecular weight excluding hydrogens is 900 g/mol. The van der Waals surface area contributed by atoms with E-state index in [2.05, 4.69) is 36.2 Å². The molecule has 1 aliphatic rings. The average Bonchev–Trinajstić information content (AvgIpc) is 3.93. The summed E-state index contributed by atoms with van der Waals surface area (Å²) in [5, 5.41) is 22.9. The van der Waals surface area contributed by atoms with Gasteiger partial charge in [0.15, 0.2) is 5.82 Å². The second-order valence-electron chi connectivity index (χ2n) is 18.9. The molecule has 368 valence electrons. The van der Waals surface area contributed by atoms with Gasteiger partial charge >= 0.3 is 0 Å². The molecule has 6 rings (SSSR count). The number of halogens is 1. The number of benzene rings is 2. The van der Waals surface area contributed by atoms with Crippen LogP contribution in [0.5, 0.6) is 0 Å². The first kappa shape index (κ1) is 51.9. The van der Waals surface area contributed by atoms with Crippen molar-refractivity contribution in [1.82, 2.24) is 35.8 Å². The van der Waals surface area contributed by atoms with Crippen LogP contribution in [-0.4, -0.2) is 85.8 Å². The molecule has 1 fully saturated rings. The average molecular weight is 965 g/mol. The van der Waals surface area contributed by atoms with Gasteiger partial charge in [-0.1, -0.05) is 77.1 Å². The number of thiazole rings is 1. The number of fused-ring (bicyclic) bond motifs is 1. The van der Waals surface area contributed by atoms with Gasteiger partial charge in [-0.3, -0.25) is 29.0 Å². The molecule has 5 aromatic rings. The van der Waals surface area contributed by atoms with E-state index < -0.39 is 35.3 Å². The first-order valence-electron chi connectivity index (χ1n) is 23.6. The molecule has 0 saturated carbocycles. The lowest BCUT2D eigenvalue weighted by Crippen LogP contribution is -2.57. The zero-order valence-electron chi connectivity index (χ0n) is 40.1. The van der Waals surface area contributed by atoms with Crippen molar-refractivity contribution in [2.24, 2.45) is 5.41 Å². The summed E-state index contributed by atoms with van der Waals surface area (Å²) in [7, 11) is 0. The molecule has 2 aromatic carbocycles. The highest BCUT2D eigenvalue weighted by molar-refractivity contribution is 7.13. The topological polar surface area (TPSA) is 248 Å². The summed E-state index contributed by atoms with van der Waals surface area (Å²) in [5.74, 6) is -1.82. The van der Waals surface area contributed by atoms with Crippen molar-refractivity contribution in [3.05, 3.63) is 83.1 Å². The van der Waals surface area contributed by atoms with Crippen molar-refractivity contribution < 1.29 is 33.5 Å². The lowest BCUT2D eigenvalue weighted by molar-refractivity contribution is -0.144. The second kappa shape index (κ2) is 23.7. The molecule has 9 N–H and O–H groups in total. The highest BCUT2D eigenvalue weighted by Crippen LogP contribution is 2.36. The van der Waals surface area contributed by atoms with Gasteiger partial charge in [-0.25, -0.2) is 14.4 Å². The van der Waals surface area contributed by atoms with Gasteiger partial charge in [-0.2, -0.15) is 0 Å². The maximum Gasteiger partial charge on any atom is 0.246 e. The van der Waals surface area contributed by atoms with Gasteiger partial charge < -0.3 is 42.7 Å². The van der Waals surface area contributed by atoms with E-state index in [-0.39, 0.29) is 79.6 Å². The number of nitrogens with two attached hydrogens (primary N) is 2. The van der Waals surface area contributed by atoms with Crippen LogP contribution in [-0.2, 0) is 30.5 Å². The maximum atomic E-state index is 15.3. The molecule has 0 aliphatic carbocycles. The Morgan fingerprint density at radius 3 is 2.20 bits per heavy atom. The van der Waals surface area contributed by atoms with E-state index in [1.54, 1.807) is 30.4 Å². The zero-order valence-corrected chi connectivity index (χ0v) is 40.9. The van der Waals surface area contributed by atoms with Gasteiger partial charge in [0, 0.05) is 74.2 Å². The monoisotopic (exact) mass is 964 g/mol. The summed E-state index contributed by atoms with van der Waals surface area (Å²) in [6.45, 7) is 9.77. The SMILES string of the molecule is Cc1ncsc1-c1ccc(CNC(=O)[C@@H]2C[C@@H](O)CN2C(=O)[C@@H](NC(=O)CCCCCCCCCC(=O)NCCC(=O)Nc2cc3cc(-c4cncc(N)c4C)c(F)c(N)c3cn2)C(C)(C)C)cc1. The van der Waals surface area contributed by atoms with Crippen molar-refractivity contribution in [2.75, 3.05) is 29.9 Å². The first-order chi connectivity index (χ1) is 32.9. The molecule has 1 aliphatic heterocycles. The number of likely N-dealkylation sites (tertiary alicyclic amines) is 1. The molecule has 5 amide bonds. The minimum absolute atomic E-state index is 0.00762. The molecule has 0 spiro atoms. The number of anilines is 3. The Morgan fingerprint density at radius 2 is 1.54 bits per heavy atom. The predicted octanol–water partition coefficient (Wildman–Crippen LogP) is 7.11. The van der Waals surface area contributed by atoms with Gasteiger partial charge in [-0.05, 0) is 66.3 Å². The number of hydrogen-bond donors (Lipinski definition) is 7. The van der Waals surface area contributed by atoms with Crippen LogP contribution in [0.15, 0.2) is 60.5 Å². The van der Waals surface area contributed by atoms with Crippen molar-refractivity contribution in [3.8, 4) is 21.6 Å². The van der Waals surface area contributed by atoms with Crippen molar-refractivity contribution >= 4 is 68.8 Å². The fraction of sp³-hybridized carbons (Fsp3) is 0.451. The largest absolute Gasteiger partial charge is 0.397 e. The minimum atomic E-state index is -0.885. The normalized spacial score (nSPS) is 15.2. The number of amides is 5. The Labute approximate surface area is 406 Å². The smallest absolute Gasteiger partial charge is 0.246 e. The zero-order chi connectivity index (χ0) is 49.8. The summed E-state index contributed by atoms with van der Waals surface area (Å²) in [6, 6.07) is 9.37. The molecule has 0 unspecified atom stereocenters. The molecule has 4 heterocycles. The van der Waals surface area contributed by atoms with Crippen LogP contribution >= 0.6 is 11.3 Å². The molecule has 0 bridgehead atoms. The van der Waals surface area contributed by atoms with Crippen LogP contribution < -0.4 is 32.7 Å². The third-order valence-electron chi connectivity index (χ3n) is 12.5. The number of pyridine rings is 2. The molecule has 3 aromatic heterocycles. The van der Waals surface area contributed by atoms with E-state index in [0.29, 0.717) is 46.8 Å². The van der Waals surface area contributed by atoms with E-state index in [9.17, 15) is 29.1 Å². The number of carbonyl (C=O) groups is 5.